The number of terminal acetylenes is 1. The zero-order chi connectivity index (χ0) is 11.5. The molecule has 1 atom stereocenters. The van der Waals surface area contributed by atoms with Crippen LogP contribution in [0.3, 0.4) is 0 Å². The van der Waals surface area contributed by atoms with Gasteiger partial charge in [0.25, 0.3) is 0 Å². The molecule has 2 nitrogen and oxygen atoms in total. The molecule has 0 saturated carbocycles. The Kier molecular flexibility index (Phi) is 10.2. The lowest BCUT2D eigenvalue weighted by Crippen LogP contribution is -2.36. The van der Waals surface area contributed by atoms with E-state index in [0.717, 1.165) is 31.1 Å². The van der Waals surface area contributed by atoms with Crippen molar-refractivity contribution in [3.8, 4) is 12.3 Å². The van der Waals surface area contributed by atoms with Crippen LogP contribution in [0.4, 0.5) is 0 Å². The highest BCUT2D eigenvalue weighted by Crippen LogP contribution is 2.06. The van der Waals surface area contributed by atoms with E-state index in [1.807, 2.05) is 0 Å². The highest BCUT2D eigenvalue weighted by atomic mass is 32.2. The minimum Gasteiger partial charge on any atom is -0.385 e. The quantitative estimate of drug-likeness (QED) is 0.483. The molecule has 0 aliphatic rings. The summed E-state index contributed by atoms with van der Waals surface area (Å²) < 4.78 is 5.10. The highest BCUT2D eigenvalue weighted by Gasteiger charge is 2.11. The van der Waals surface area contributed by atoms with Gasteiger partial charge in [-0.3, -0.25) is 0 Å². The van der Waals surface area contributed by atoms with E-state index in [2.05, 4.69) is 25.1 Å². The van der Waals surface area contributed by atoms with Gasteiger partial charge in [0.2, 0.25) is 0 Å². The lowest BCUT2D eigenvalue weighted by molar-refractivity contribution is 0.174. The Morgan fingerprint density at radius 2 is 2.20 bits per heavy atom. The molecule has 0 aromatic carbocycles. The molecule has 0 aromatic heterocycles. The zero-order valence-corrected chi connectivity index (χ0v) is 10.9. The molecule has 0 fully saturated rings. The number of hydrogen-bond donors (Lipinski definition) is 1. The van der Waals surface area contributed by atoms with Crippen molar-refractivity contribution in [2.24, 2.45) is 5.92 Å². The molecule has 0 bridgehead atoms. The third kappa shape index (κ3) is 8.80. The Morgan fingerprint density at radius 1 is 1.47 bits per heavy atom. The van der Waals surface area contributed by atoms with Gasteiger partial charge in [0, 0.05) is 32.1 Å². The molecule has 15 heavy (non-hydrogen) atoms. The molecule has 0 amide bonds. The van der Waals surface area contributed by atoms with Crippen LogP contribution >= 0.6 is 11.8 Å². The molecule has 3 heteroatoms. The van der Waals surface area contributed by atoms with Gasteiger partial charge in [-0.2, -0.15) is 0 Å². The van der Waals surface area contributed by atoms with Crippen molar-refractivity contribution in [3.05, 3.63) is 0 Å². The van der Waals surface area contributed by atoms with Crippen molar-refractivity contribution < 1.29 is 4.74 Å². The lowest BCUT2D eigenvalue weighted by atomic mass is 10.0. The summed E-state index contributed by atoms with van der Waals surface area (Å²) in [4.78, 5) is 0. The second-order valence-electron chi connectivity index (χ2n) is 3.84. The summed E-state index contributed by atoms with van der Waals surface area (Å²) in [5.74, 6) is 5.17. The number of hydrogen-bond acceptors (Lipinski definition) is 3. The maximum atomic E-state index is 5.18. The van der Waals surface area contributed by atoms with Crippen molar-refractivity contribution in [1.82, 2.24) is 5.32 Å². The Hall–Kier alpha value is -0.170. The molecule has 0 radical (unpaired) electrons. The predicted molar refractivity (Wildman–Crippen MR) is 69.3 cm³/mol. The van der Waals surface area contributed by atoms with Gasteiger partial charge in [-0.05, 0) is 12.3 Å². The van der Waals surface area contributed by atoms with Gasteiger partial charge >= 0.3 is 0 Å². The normalized spacial score (nSPS) is 12.7. The fourth-order valence-electron chi connectivity index (χ4n) is 1.36. The summed E-state index contributed by atoms with van der Waals surface area (Å²) in [6.45, 7) is 6.33. The number of ether oxygens (including phenoxy) is 1. The number of nitrogens with one attached hydrogen (secondary N) is 1. The van der Waals surface area contributed by atoms with Gasteiger partial charge < -0.3 is 10.1 Å². The molecule has 0 saturated heterocycles. The Labute approximate surface area is 98.5 Å². The molecular formula is C12H23NOS. The molecule has 0 aliphatic carbocycles. The maximum Gasteiger partial charge on any atom is 0.0545 e. The molecule has 1 N–H and O–H groups in total. The van der Waals surface area contributed by atoms with Crippen molar-refractivity contribution >= 4 is 11.8 Å². The summed E-state index contributed by atoms with van der Waals surface area (Å²) in [5, 5.41) is 3.54. The lowest BCUT2D eigenvalue weighted by Gasteiger charge is -2.21. The van der Waals surface area contributed by atoms with Crippen LogP contribution in [0.2, 0.25) is 0 Å². The number of thioether (sulfide) groups is 1. The average molecular weight is 229 g/mol. The van der Waals surface area contributed by atoms with E-state index < -0.39 is 0 Å². The molecule has 0 aliphatic heterocycles. The predicted octanol–water partition coefficient (Wildman–Crippen LogP) is 2.00. The topological polar surface area (TPSA) is 21.3 Å². The molecule has 1 unspecified atom stereocenters. The minimum atomic E-state index is 0.552. The summed E-state index contributed by atoms with van der Waals surface area (Å²) >= 11 is 1.80. The Morgan fingerprint density at radius 3 is 2.73 bits per heavy atom. The second-order valence-corrected chi connectivity index (χ2v) is 4.95. The van der Waals surface area contributed by atoms with Crippen LogP contribution in [0, 0.1) is 18.3 Å². The summed E-state index contributed by atoms with van der Waals surface area (Å²) in [7, 11) is 1.75. The van der Waals surface area contributed by atoms with Crippen LogP contribution in [-0.2, 0) is 4.74 Å². The van der Waals surface area contributed by atoms with Crippen LogP contribution in [0.25, 0.3) is 0 Å². The Bertz CT molecular complexity index is 177. The van der Waals surface area contributed by atoms with Crippen LogP contribution in [0.1, 0.15) is 20.3 Å². The summed E-state index contributed by atoms with van der Waals surface area (Å²) in [5.41, 5.74) is 0. The van der Waals surface area contributed by atoms with E-state index in [4.69, 9.17) is 11.2 Å². The van der Waals surface area contributed by atoms with Gasteiger partial charge in [0.15, 0.2) is 0 Å². The van der Waals surface area contributed by atoms with E-state index in [-0.39, 0.29) is 0 Å². The standard InChI is InChI=1S/C12H23NOS/c1-5-9-15-10-7-13-12(11(2)3)6-8-14-4/h1,11-13H,6-10H2,2-4H3. The third-order valence-corrected chi connectivity index (χ3v) is 3.14. The molecule has 0 spiro atoms. The smallest absolute Gasteiger partial charge is 0.0545 e. The fraction of sp³-hybridized carbons (Fsp3) is 0.833. The first kappa shape index (κ1) is 14.8. The van der Waals surface area contributed by atoms with Crippen LogP contribution in [0.15, 0.2) is 0 Å². The van der Waals surface area contributed by atoms with Crippen LogP contribution in [-0.4, -0.2) is 37.8 Å². The first-order valence-corrected chi connectivity index (χ1v) is 6.61. The van der Waals surface area contributed by atoms with Gasteiger partial charge in [-0.1, -0.05) is 19.8 Å². The van der Waals surface area contributed by atoms with Crippen molar-refractivity contribution in [1.29, 1.82) is 0 Å². The number of methoxy groups -OCH3 is 1. The first-order chi connectivity index (χ1) is 7.22. The summed E-state index contributed by atoms with van der Waals surface area (Å²) in [6, 6.07) is 0.552. The van der Waals surface area contributed by atoms with E-state index in [9.17, 15) is 0 Å². The maximum absolute atomic E-state index is 5.18. The number of rotatable bonds is 9. The van der Waals surface area contributed by atoms with Gasteiger partial charge in [0.1, 0.15) is 0 Å². The summed E-state index contributed by atoms with van der Waals surface area (Å²) in [6.07, 6.45) is 6.25. The van der Waals surface area contributed by atoms with E-state index in [1.54, 1.807) is 18.9 Å². The van der Waals surface area contributed by atoms with Crippen LogP contribution < -0.4 is 5.32 Å². The monoisotopic (exact) mass is 229 g/mol. The van der Waals surface area contributed by atoms with Gasteiger partial charge in [-0.25, -0.2) is 0 Å². The molecule has 88 valence electrons. The second kappa shape index (κ2) is 10.4. The fourth-order valence-corrected chi connectivity index (χ4v) is 1.89. The average Bonchev–Trinajstić information content (AvgIpc) is 2.21. The zero-order valence-electron chi connectivity index (χ0n) is 10.1. The first-order valence-electron chi connectivity index (χ1n) is 5.46. The van der Waals surface area contributed by atoms with Crippen molar-refractivity contribution in [2.75, 3.05) is 31.8 Å². The molecular weight excluding hydrogens is 206 g/mol. The van der Waals surface area contributed by atoms with Gasteiger partial charge in [-0.15, -0.1) is 18.2 Å². The Balaban J connectivity index is 3.53. The minimum absolute atomic E-state index is 0.552. The van der Waals surface area contributed by atoms with E-state index >= 15 is 0 Å². The largest absolute Gasteiger partial charge is 0.385 e. The van der Waals surface area contributed by atoms with Crippen LogP contribution in [0.5, 0.6) is 0 Å². The SMILES string of the molecule is C#CCSCCNC(CCOC)C(C)C. The molecule has 0 rings (SSSR count). The highest BCUT2D eigenvalue weighted by molar-refractivity contribution is 7.99. The van der Waals surface area contributed by atoms with E-state index in [0.29, 0.717) is 12.0 Å². The van der Waals surface area contributed by atoms with Crippen molar-refractivity contribution in [2.45, 2.75) is 26.3 Å². The van der Waals surface area contributed by atoms with Crippen molar-refractivity contribution in [3.63, 3.8) is 0 Å². The third-order valence-electron chi connectivity index (χ3n) is 2.28. The molecule has 0 aromatic rings. The van der Waals surface area contributed by atoms with E-state index in [1.165, 1.54) is 0 Å². The van der Waals surface area contributed by atoms with Gasteiger partial charge in [0.05, 0.1) is 5.75 Å². The molecule has 0 heterocycles.